The molecule has 0 fully saturated rings. The first-order chi connectivity index (χ1) is 6.77. The summed E-state index contributed by atoms with van der Waals surface area (Å²) in [5.74, 6) is 1.01. The van der Waals surface area contributed by atoms with E-state index in [0.29, 0.717) is 0 Å². The molecule has 14 heavy (non-hydrogen) atoms. The number of rotatable bonds is 2. The fraction of sp³-hybridized carbons (Fsp3) is 0.273. The van der Waals surface area contributed by atoms with E-state index < -0.39 is 0 Å². The predicted octanol–water partition coefficient (Wildman–Crippen LogP) is 4.11. The number of thiophene rings is 1. The van der Waals surface area contributed by atoms with Gasteiger partial charge in [0.15, 0.2) is 0 Å². The standard InChI is InChI=1S/C11H11BrOS/c1-7-5-8-3-4-14-11(8)9(6-12)10(7)13-2/h3-5H,6H2,1-2H3. The highest BCUT2D eigenvalue weighted by molar-refractivity contribution is 9.08. The molecule has 0 saturated heterocycles. The van der Waals surface area contributed by atoms with Crippen LogP contribution in [0.3, 0.4) is 0 Å². The van der Waals surface area contributed by atoms with E-state index in [1.165, 1.54) is 21.2 Å². The van der Waals surface area contributed by atoms with Gasteiger partial charge in [-0.3, -0.25) is 0 Å². The normalized spacial score (nSPS) is 10.8. The topological polar surface area (TPSA) is 9.23 Å². The third kappa shape index (κ3) is 1.44. The number of benzene rings is 1. The highest BCUT2D eigenvalue weighted by Gasteiger charge is 2.11. The Morgan fingerprint density at radius 2 is 2.29 bits per heavy atom. The van der Waals surface area contributed by atoms with Crippen molar-refractivity contribution in [1.29, 1.82) is 0 Å². The van der Waals surface area contributed by atoms with E-state index in [9.17, 15) is 0 Å². The number of fused-ring (bicyclic) bond motifs is 1. The molecule has 1 nitrogen and oxygen atoms in total. The maximum Gasteiger partial charge on any atom is 0.127 e. The lowest BCUT2D eigenvalue weighted by Gasteiger charge is -2.10. The molecule has 0 bridgehead atoms. The Balaban J connectivity index is 2.82. The molecule has 0 saturated carbocycles. The third-order valence-electron chi connectivity index (χ3n) is 2.31. The van der Waals surface area contributed by atoms with Crippen LogP contribution in [0.1, 0.15) is 11.1 Å². The van der Waals surface area contributed by atoms with Crippen molar-refractivity contribution in [3.8, 4) is 5.75 Å². The van der Waals surface area contributed by atoms with Crippen molar-refractivity contribution >= 4 is 37.4 Å². The van der Waals surface area contributed by atoms with E-state index in [0.717, 1.165) is 11.1 Å². The van der Waals surface area contributed by atoms with Gasteiger partial charge in [0.05, 0.1) is 7.11 Å². The number of hydrogen-bond donors (Lipinski definition) is 0. The van der Waals surface area contributed by atoms with Crippen LogP contribution in [0.2, 0.25) is 0 Å². The van der Waals surface area contributed by atoms with Gasteiger partial charge in [0.1, 0.15) is 5.75 Å². The molecule has 0 radical (unpaired) electrons. The minimum Gasteiger partial charge on any atom is -0.496 e. The van der Waals surface area contributed by atoms with Crippen LogP contribution < -0.4 is 4.74 Å². The zero-order valence-corrected chi connectivity index (χ0v) is 10.5. The van der Waals surface area contributed by atoms with Gasteiger partial charge in [-0.05, 0) is 35.4 Å². The van der Waals surface area contributed by atoms with Gasteiger partial charge in [0, 0.05) is 15.6 Å². The van der Waals surface area contributed by atoms with E-state index >= 15 is 0 Å². The van der Waals surface area contributed by atoms with Gasteiger partial charge < -0.3 is 4.74 Å². The zero-order chi connectivity index (χ0) is 10.1. The maximum absolute atomic E-state index is 5.42. The average Bonchev–Trinajstić information content (AvgIpc) is 2.62. The summed E-state index contributed by atoms with van der Waals surface area (Å²) in [6.45, 7) is 2.09. The summed E-state index contributed by atoms with van der Waals surface area (Å²) in [5.41, 5.74) is 2.46. The van der Waals surface area contributed by atoms with Crippen LogP contribution in [0, 0.1) is 6.92 Å². The number of methoxy groups -OCH3 is 1. The summed E-state index contributed by atoms with van der Waals surface area (Å²) < 4.78 is 6.74. The Labute approximate surface area is 95.8 Å². The van der Waals surface area contributed by atoms with Crippen LogP contribution in [0.4, 0.5) is 0 Å². The SMILES string of the molecule is COc1c(C)cc2ccsc2c1CBr. The summed E-state index contributed by atoms with van der Waals surface area (Å²) >= 11 is 5.28. The van der Waals surface area contributed by atoms with E-state index in [-0.39, 0.29) is 0 Å². The molecule has 3 heteroatoms. The fourth-order valence-corrected chi connectivity index (χ4v) is 3.37. The molecule has 0 spiro atoms. The second-order valence-electron chi connectivity index (χ2n) is 3.18. The smallest absolute Gasteiger partial charge is 0.127 e. The number of ether oxygens (including phenoxy) is 1. The first-order valence-corrected chi connectivity index (χ1v) is 6.37. The molecule has 1 aromatic carbocycles. The quantitative estimate of drug-likeness (QED) is 0.747. The number of halogens is 1. The minimum absolute atomic E-state index is 0.842. The highest BCUT2D eigenvalue weighted by Crippen LogP contribution is 2.36. The highest BCUT2D eigenvalue weighted by atomic mass is 79.9. The lowest BCUT2D eigenvalue weighted by Crippen LogP contribution is -1.92. The Morgan fingerprint density at radius 3 is 2.93 bits per heavy atom. The molecular weight excluding hydrogens is 260 g/mol. The van der Waals surface area contributed by atoms with Crippen molar-refractivity contribution in [1.82, 2.24) is 0 Å². The number of alkyl halides is 1. The van der Waals surface area contributed by atoms with E-state index in [2.05, 4.69) is 40.4 Å². The Bertz CT molecular complexity index is 462. The summed E-state index contributed by atoms with van der Waals surface area (Å²) in [7, 11) is 1.73. The van der Waals surface area contributed by atoms with Crippen molar-refractivity contribution in [2.45, 2.75) is 12.3 Å². The van der Waals surface area contributed by atoms with Gasteiger partial charge in [0.25, 0.3) is 0 Å². The Morgan fingerprint density at radius 1 is 1.50 bits per heavy atom. The summed E-state index contributed by atoms with van der Waals surface area (Å²) in [6, 6.07) is 4.33. The first-order valence-electron chi connectivity index (χ1n) is 4.37. The second kappa shape index (κ2) is 3.91. The molecule has 0 atom stereocenters. The van der Waals surface area contributed by atoms with Crippen LogP contribution in [0.5, 0.6) is 5.75 Å². The van der Waals surface area contributed by atoms with E-state index in [4.69, 9.17) is 4.74 Å². The number of aryl methyl sites for hydroxylation is 1. The second-order valence-corrected chi connectivity index (χ2v) is 4.65. The Hall–Kier alpha value is -0.540. The maximum atomic E-state index is 5.42. The van der Waals surface area contributed by atoms with Crippen LogP contribution in [-0.4, -0.2) is 7.11 Å². The molecule has 0 aliphatic carbocycles. The zero-order valence-electron chi connectivity index (χ0n) is 8.13. The van der Waals surface area contributed by atoms with Gasteiger partial charge >= 0.3 is 0 Å². The third-order valence-corrected chi connectivity index (χ3v) is 3.86. The molecule has 1 heterocycles. The van der Waals surface area contributed by atoms with E-state index in [1.807, 2.05) is 0 Å². The molecule has 2 aromatic rings. The molecule has 2 rings (SSSR count). The largest absolute Gasteiger partial charge is 0.496 e. The van der Waals surface area contributed by atoms with Gasteiger partial charge in [-0.25, -0.2) is 0 Å². The van der Waals surface area contributed by atoms with E-state index in [1.54, 1.807) is 18.4 Å². The molecule has 0 N–H and O–H groups in total. The van der Waals surface area contributed by atoms with Gasteiger partial charge in [-0.15, -0.1) is 11.3 Å². The van der Waals surface area contributed by atoms with Crippen molar-refractivity contribution < 1.29 is 4.74 Å². The van der Waals surface area contributed by atoms with Gasteiger partial charge in [-0.2, -0.15) is 0 Å². The van der Waals surface area contributed by atoms with Crippen molar-refractivity contribution in [3.63, 3.8) is 0 Å². The molecule has 1 aromatic heterocycles. The number of hydrogen-bond acceptors (Lipinski definition) is 2. The van der Waals surface area contributed by atoms with Crippen molar-refractivity contribution in [2.75, 3.05) is 7.11 Å². The average molecular weight is 271 g/mol. The lowest BCUT2D eigenvalue weighted by molar-refractivity contribution is 0.409. The molecular formula is C11H11BrOS. The monoisotopic (exact) mass is 270 g/mol. The lowest BCUT2D eigenvalue weighted by atomic mass is 10.1. The summed E-state index contributed by atoms with van der Waals surface area (Å²) in [4.78, 5) is 0. The molecule has 74 valence electrons. The van der Waals surface area contributed by atoms with Crippen molar-refractivity contribution in [2.24, 2.45) is 0 Å². The first kappa shape index (κ1) is 9.99. The van der Waals surface area contributed by atoms with Crippen LogP contribution in [0.15, 0.2) is 17.5 Å². The van der Waals surface area contributed by atoms with Crippen LogP contribution in [0.25, 0.3) is 10.1 Å². The van der Waals surface area contributed by atoms with Gasteiger partial charge in [0.2, 0.25) is 0 Å². The molecule has 0 unspecified atom stereocenters. The molecule has 0 aliphatic heterocycles. The van der Waals surface area contributed by atoms with Gasteiger partial charge in [-0.1, -0.05) is 15.9 Å². The van der Waals surface area contributed by atoms with Crippen LogP contribution >= 0.6 is 27.3 Å². The van der Waals surface area contributed by atoms with Crippen molar-refractivity contribution in [3.05, 3.63) is 28.6 Å². The fourth-order valence-electron chi connectivity index (χ4n) is 1.72. The molecule has 0 amide bonds. The predicted molar refractivity (Wildman–Crippen MR) is 65.7 cm³/mol. The van der Waals surface area contributed by atoms with Crippen LogP contribution in [-0.2, 0) is 5.33 Å². The molecule has 0 aliphatic rings. The summed E-state index contributed by atoms with van der Waals surface area (Å²) in [5, 5.41) is 4.27. The Kier molecular flexibility index (Phi) is 2.79. The summed E-state index contributed by atoms with van der Waals surface area (Å²) in [6.07, 6.45) is 0. The minimum atomic E-state index is 0.842.